The summed E-state index contributed by atoms with van der Waals surface area (Å²) in [5.74, 6) is 0.996. The Bertz CT molecular complexity index is 1530. The Kier molecular flexibility index (Phi) is 6.10. The molecular formula is C30H27N3O3. The molecule has 0 saturated heterocycles. The van der Waals surface area contributed by atoms with Gasteiger partial charge in [-0.1, -0.05) is 78.9 Å². The van der Waals surface area contributed by atoms with Gasteiger partial charge < -0.3 is 20.2 Å². The van der Waals surface area contributed by atoms with E-state index in [1.165, 1.54) is 0 Å². The lowest BCUT2D eigenvalue weighted by Gasteiger charge is -2.25. The molecule has 2 heterocycles. The number of nitrogens with one attached hydrogen (secondary N) is 1. The summed E-state index contributed by atoms with van der Waals surface area (Å²) in [6.45, 7) is 0.615. The number of aliphatic hydroxyl groups excluding tert-OH is 1. The van der Waals surface area contributed by atoms with Gasteiger partial charge in [-0.25, -0.2) is 5.01 Å². The molecule has 0 saturated carbocycles. The zero-order chi connectivity index (χ0) is 23.8. The molecule has 0 atom stereocenters. The van der Waals surface area contributed by atoms with E-state index >= 15 is 0 Å². The van der Waals surface area contributed by atoms with E-state index in [-0.39, 0.29) is 11.4 Å². The smallest absolute Gasteiger partial charge is 0.237 e. The van der Waals surface area contributed by atoms with Crippen molar-refractivity contribution in [1.29, 1.82) is 0 Å². The van der Waals surface area contributed by atoms with Crippen LogP contribution in [0.25, 0.3) is 23.0 Å². The highest BCUT2D eigenvalue weighted by Gasteiger charge is 2.33. The molecule has 4 aromatic carbocycles. The van der Waals surface area contributed by atoms with Gasteiger partial charge >= 0.3 is 0 Å². The summed E-state index contributed by atoms with van der Waals surface area (Å²) in [6.07, 6.45) is 2.10. The fraction of sp³-hybridized carbons (Fsp3) is 0.0667. The zero-order valence-corrected chi connectivity index (χ0v) is 19.8. The highest BCUT2D eigenvalue weighted by Crippen LogP contribution is 2.33. The molecule has 36 heavy (non-hydrogen) atoms. The van der Waals surface area contributed by atoms with E-state index in [0.29, 0.717) is 6.54 Å². The molecule has 4 aromatic rings. The van der Waals surface area contributed by atoms with Crippen molar-refractivity contribution in [2.45, 2.75) is 6.54 Å². The van der Waals surface area contributed by atoms with Crippen LogP contribution in [0.2, 0.25) is 0 Å². The monoisotopic (exact) mass is 477 g/mol. The number of hydrogen-bond donors (Lipinski definition) is 2. The van der Waals surface area contributed by atoms with Gasteiger partial charge in [-0.15, -0.1) is 0 Å². The first kappa shape index (κ1) is 23.1. The van der Waals surface area contributed by atoms with Crippen LogP contribution in [-0.2, 0) is 6.54 Å². The summed E-state index contributed by atoms with van der Waals surface area (Å²) in [5.41, 5.74) is 9.37. The molecule has 0 unspecified atom stereocenters. The quantitative estimate of drug-likeness (QED) is 0.459. The Balaban J connectivity index is 0.00000267. The zero-order valence-electron chi connectivity index (χ0n) is 19.8. The number of hydrazine groups is 1. The van der Waals surface area contributed by atoms with Gasteiger partial charge in [-0.3, -0.25) is 5.43 Å². The highest BCUT2D eigenvalue weighted by atomic mass is 16.5. The third kappa shape index (κ3) is 4.04. The summed E-state index contributed by atoms with van der Waals surface area (Å²) in [5, 5.41) is 15.3. The Morgan fingerprint density at radius 3 is 2.17 bits per heavy atom. The molecule has 0 aliphatic carbocycles. The maximum atomic E-state index is 11.4. The van der Waals surface area contributed by atoms with Gasteiger partial charge in [-0.05, 0) is 41.0 Å². The van der Waals surface area contributed by atoms with Crippen molar-refractivity contribution in [2.24, 2.45) is 0 Å². The molecule has 2 aliphatic rings. The average Bonchev–Trinajstić information content (AvgIpc) is 3.27. The van der Waals surface area contributed by atoms with E-state index < -0.39 is 0 Å². The molecule has 0 bridgehead atoms. The first-order valence-electron chi connectivity index (χ1n) is 11.6. The number of fused-ring (bicyclic) bond motifs is 2. The van der Waals surface area contributed by atoms with Crippen LogP contribution < -0.4 is 25.6 Å². The maximum Gasteiger partial charge on any atom is 0.237 e. The number of rotatable bonds is 5. The Morgan fingerprint density at radius 1 is 0.778 bits per heavy atom. The summed E-state index contributed by atoms with van der Waals surface area (Å²) in [4.78, 5) is 2.10. The van der Waals surface area contributed by atoms with Crippen molar-refractivity contribution in [3.63, 3.8) is 0 Å². The van der Waals surface area contributed by atoms with Gasteiger partial charge in [0.2, 0.25) is 5.88 Å². The minimum atomic E-state index is 0. The highest BCUT2D eigenvalue weighted by molar-refractivity contribution is 5.76. The Hall–Kier alpha value is -4.68. The van der Waals surface area contributed by atoms with E-state index in [2.05, 4.69) is 52.9 Å². The summed E-state index contributed by atoms with van der Waals surface area (Å²) in [7, 11) is 1.67. The maximum absolute atomic E-state index is 11.4. The molecule has 6 nitrogen and oxygen atoms in total. The Labute approximate surface area is 209 Å². The fourth-order valence-corrected chi connectivity index (χ4v) is 4.64. The number of anilines is 1. The standard InChI is InChI=1S/C30H25N3O2.H2O/c1-35-26-17-11-21(12-18-26)19-32-20-24-9-5-6-10-27(24)28-29(32)30(34)33(31-28)25-15-13-23(14-16-25)22-7-3-2-4-8-22;/h2-18,20,31,34H,19H2,1H3;1H2. The van der Waals surface area contributed by atoms with Crippen LogP contribution in [-0.4, -0.2) is 22.6 Å². The second-order valence-corrected chi connectivity index (χ2v) is 8.60. The van der Waals surface area contributed by atoms with Crippen molar-refractivity contribution in [3.8, 4) is 16.9 Å². The molecule has 2 aliphatic heterocycles. The van der Waals surface area contributed by atoms with Gasteiger partial charge in [0, 0.05) is 23.2 Å². The van der Waals surface area contributed by atoms with Crippen LogP contribution in [0.4, 0.5) is 5.69 Å². The minimum absolute atomic E-state index is 0. The van der Waals surface area contributed by atoms with E-state index in [9.17, 15) is 5.11 Å². The van der Waals surface area contributed by atoms with Crippen molar-refractivity contribution in [3.05, 3.63) is 131 Å². The number of methoxy groups -OCH3 is 1. The first-order valence-corrected chi connectivity index (χ1v) is 11.6. The van der Waals surface area contributed by atoms with E-state index in [0.717, 1.165) is 50.0 Å². The van der Waals surface area contributed by atoms with Gasteiger partial charge in [-0.2, -0.15) is 0 Å². The van der Waals surface area contributed by atoms with E-state index in [1.807, 2.05) is 66.7 Å². The normalized spacial score (nSPS) is 13.9. The molecule has 0 spiro atoms. The topological polar surface area (TPSA) is 79.5 Å². The van der Waals surface area contributed by atoms with Gasteiger partial charge in [0.05, 0.1) is 18.5 Å². The lowest BCUT2D eigenvalue weighted by molar-refractivity contribution is 0.367. The van der Waals surface area contributed by atoms with Crippen LogP contribution in [0.1, 0.15) is 5.56 Å². The molecule has 180 valence electrons. The number of benzene rings is 4. The van der Waals surface area contributed by atoms with Crippen molar-refractivity contribution < 1.29 is 15.3 Å². The molecule has 0 amide bonds. The number of ether oxygens (including phenoxy) is 1. The second-order valence-electron chi connectivity index (χ2n) is 8.60. The van der Waals surface area contributed by atoms with Crippen LogP contribution in [0, 0.1) is 0 Å². The van der Waals surface area contributed by atoms with Gasteiger partial charge in [0.25, 0.3) is 0 Å². The van der Waals surface area contributed by atoms with Crippen molar-refractivity contribution in [2.75, 3.05) is 12.1 Å². The van der Waals surface area contributed by atoms with Crippen LogP contribution in [0.15, 0.2) is 115 Å². The van der Waals surface area contributed by atoms with Crippen LogP contribution in [0.3, 0.4) is 0 Å². The van der Waals surface area contributed by atoms with Crippen molar-refractivity contribution >= 4 is 17.6 Å². The largest absolute Gasteiger partial charge is 0.497 e. The lowest BCUT2D eigenvalue weighted by atomic mass is 10.1. The SMILES string of the molecule is COc1ccc(CN2C=c3ccccc3=C3NN(c4ccc(-c5ccccc5)cc4)C(O)=C32)cc1.O. The third-order valence-electron chi connectivity index (χ3n) is 6.44. The number of hydrogen-bond acceptors (Lipinski definition) is 5. The molecule has 6 rings (SSSR count). The summed E-state index contributed by atoms with van der Waals surface area (Å²) in [6, 6.07) is 34.7. The first-order chi connectivity index (χ1) is 17.2. The number of aliphatic hydroxyl groups is 1. The van der Waals surface area contributed by atoms with Crippen LogP contribution in [0.5, 0.6) is 5.75 Å². The third-order valence-corrected chi connectivity index (χ3v) is 6.44. The molecule has 4 N–H and O–H groups in total. The van der Waals surface area contributed by atoms with Gasteiger partial charge in [0.15, 0.2) is 0 Å². The van der Waals surface area contributed by atoms with Crippen LogP contribution >= 0.6 is 0 Å². The predicted octanol–water partition coefficient (Wildman–Crippen LogP) is 3.65. The summed E-state index contributed by atoms with van der Waals surface area (Å²) >= 11 is 0. The summed E-state index contributed by atoms with van der Waals surface area (Å²) < 4.78 is 5.30. The van der Waals surface area contributed by atoms with Crippen molar-refractivity contribution in [1.82, 2.24) is 10.3 Å². The predicted molar refractivity (Wildman–Crippen MR) is 143 cm³/mol. The van der Waals surface area contributed by atoms with E-state index in [4.69, 9.17) is 4.74 Å². The van der Waals surface area contributed by atoms with E-state index in [1.54, 1.807) is 12.1 Å². The minimum Gasteiger partial charge on any atom is -0.497 e. The van der Waals surface area contributed by atoms with Gasteiger partial charge in [0.1, 0.15) is 11.4 Å². The fourth-order valence-electron chi connectivity index (χ4n) is 4.64. The molecule has 0 fully saturated rings. The Morgan fingerprint density at radius 2 is 1.44 bits per heavy atom. The lowest BCUT2D eigenvalue weighted by Crippen LogP contribution is -2.40. The molecular weight excluding hydrogens is 450 g/mol. The average molecular weight is 478 g/mol. The number of nitrogens with zero attached hydrogens (tertiary/aromatic N) is 2. The molecule has 0 radical (unpaired) electrons. The molecule has 0 aromatic heterocycles. The second kappa shape index (κ2) is 9.52. The molecule has 6 heteroatoms.